The first-order valence-corrected chi connectivity index (χ1v) is 8.39. The molecule has 1 N–H and O–H groups in total. The first-order chi connectivity index (χ1) is 12.1. The van der Waals surface area contributed by atoms with E-state index < -0.39 is 0 Å². The van der Waals surface area contributed by atoms with Crippen LogP contribution in [0.2, 0.25) is 0 Å². The van der Waals surface area contributed by atoms with Crippen LogP contribution in [0.5, 0.6) is 0 Å². The van der Waals surface area contributed by atoms with E-state index in [-0.39, 0.29) is 5.91 Å². The van der Waals surface area contributed by atoms with E-state index in [1.807, 2.05) is 38.2 Å². The van der Waals surface area contributed by atoms with Crippen LogP contribution in [-0.2, 0) is 13.5 Å². The zero-order valence-corrected chi connectivity index (χ0v) is 14.4. The molecule has 1 amide bonds. The van der Waals surface area contributed by atoms with Crippen LogP contribution >= 0.6 is 0 Å². The highest BCUT2D eigenvalue weighted by molar-refractivity contribution is 6.06. The number of hydrogen-bond acceptors (Lipinski definition) is 3. The number of anilines is 3. The SMILES string of the molecule is Cc1nn(C)cc1C(=O)Nc1ccccc1N1CCc2ccccc21. The van der Waals surface area contributed by atoms with Gasteiger partial charge in [0.2, 0.25) is 0 Å². The molecule has 1 aliphatic rings. The normalized spacial score (nSPS) is 13.0. The van der Waals surface area contributed by atoms with Crippen molar-refractivity contribution in [2.45, 2.75) is 13.3 Å². The average Bonchev–Trinajstić information content (AvgIpc) is 3.18. The van der Waals surface area contributed by atoms with E-state index in [4.69, 9.17) is 0 Å². The summed E-state index contributed by atoms with van der Waals surface area (Å²) in [4.78, 5) is 14.9. The van der Waals surface area contributed by atoms with E-state index in [9.17, 15) is 4.79 Å². The summed E-state index contributed by atoms with van der Waals surface area (Å²) in [6, 6.07) is 16.4. The number of aryl methyl sites for hydroxylation is 2. The number of amides is 1. The monoisotopic (exact) mass is 332 g/mol. The standard InChI is InChI=1S/C20H20N4O/c1-14-16(13-23(2)22-14)20(25)21-17-8-4-6-10-19(17)24-12-11-15-7-3-5-9-18(15)24/h3-10,13H,11-12H2,1-2H3,(H,21,25). The first-order valence-electron chi connectivity index (χ1n) is 8.39. The lowest BCUT2D eigenvalue weighted by Crippen LogP contribution is -2.18. The smallest absolute Gasteiger partial charge is 0.259 e. The van der Waals surface area contributed by atoms with Gasteiger partial charge in [-0.2, -0.15) is 5.10 Å². The average molecular weight is 332 g/mol. The van der Waals surface area contributed by atoms with E-state index in [2.05, 4.69) is 39.6 Å². The highest BCUT2D eigenvalue weighted by Crippen LogP contribution is 2.38. The summed E-state index contributed by atoms with van der Waals surface area (Å²) in [5.74, 6) is -0.134. The van der Waals surface area contributed by atoms with Gasteiger partial charge in [-0.05, 0) is 37.1 Å². The predicted octanol–water partition coefficient (Wildman–Crippen LogP) is 3.68. The van der Waals surface area contributed by atoms with Gasteiger partial charge in [-0.25, -0.2) is 0 Å². The summed E-state index contributed by atoms with van der Waals surface area (Å²) in [6.45, 7) is 2.76. The summed E-state index contributed by atoms with van der Waals surface area (Å²) in [5, 5.41) is 7.30. The molecule has 1 aromatic heterocycles. The van der Waals surface area contributed by atoms with Crippen molar-refractivity contribution in [3.8, 4) is 0 Å². The van der Waals surface area contributed by atoms with Crippen molar-refractivity contribution in [2.75, 3.05) is 16.8 Å². The fourth-order valence-electron chi connectivity index (χ4n) is 3.42. The Bertz CT molecular complexity index is 944. The molecule has 5 heteroatoms. The molecule has 3 aromatic rings. The lowest BCUT2D eigenvalue weighted by Gasteiger charge is -2.23. The Hall–Kier alpha value is -3.08. The molecule has 0 saturated heterocycles. The molecule has 0 fully saturated rings. The van der Waals surface area contributed by atoms with Crippen LogP contribution in [-0.4, -0.2) is 22.2 Å². The fourth-order valence-corrected chi connectivity index (χ4v) is 3.42. The Morgan fingerprint density at radius 1 is 1.08 bits per heavy atom. The Balaban J connectivity index is 1.67. The molecule has 1 aliphatic heterocycles. The lowest BCUT2D eigenvalue weighted by molar-refractivity contribution is 0.102. The number of fused-ring (bicyclic) bond motifs is 1. The van der Waals surface area contributed by atoms with Crippen molar-refractivity contribution >= 4 is 23.0 Å². The second-order valence-electron chi connectivity index (χ2n) is 6.30. The number of carbonyl (C=O) groups is 1. The highest BCUT2D eigenvalue weighted by atomic mass is 16.1. The molecule has 25 heavy (non-hydrogen) atoms. The van der Waals surface area contributed by atoms with Gasteiger partial charge < -0.3 is 10.2 Å². The van der Waals surface area contributed by atoms with Crippen LogP contribution in [0.25, 0.3) is 0 Å². The third kappa shape index (κ3) is 2.78. The number of benzene rings is 2. The van der Waals surface area contributed by atoms with Crippen LogP contribution < -0.4 is 10.2 Å². The molecule has 5 nitrogen and oxygen atoms in total. The maximum Gasteiger partial charge on any atom is 0.259 e. The van der Waals surface area contributed by atoms with E-state index in [0.29, 0.717) is 5.56 Å². The first kappa shape index (κ1) is 15.4. The number of para-hydroxylation sites is 3. The molecule has 0 spiro atoms. The predicted molar refractivity (Wildman–Crippen MR) is 99.5 cm³/mol. The zero-order valence-electron chi connectivity index (χ0n) is 14.4. The molecular formula is C20H20N4O. The molecule has 2 aromatic carbocycles. The van der Waals surface area contributed by atoms with Gasteiger partial charge in [0.15, 0.2) is 0 Å². The van der Waals surface area contributed by atoms with Crippen LogP contribution in [0.4, 0.5) is 17.1 Å². The highest BCUT2D eigenvalue weighted by Gasteiger charge is 2.23. The van der Waals surface area contributed by atoms with Gasteiger partial charge in [0.1, 0.15) is 0 Å². The van der Waals surface area contributed by atoms with E-state index >= 15 is 0 Å². The number of carbonyl (C=O) groups excluding carboxylic acids is 1. The Morgan fingerprint density at radius 3 is 2.56 bits per heavy atom. The summed E-state index contributed by atoms with van der Waals surface area (Å²) in [6.07, 6.45) is 2.76. The third-order valence-electron chi connectivity index (χ3n) is 4.59. The molecule has 0 atom stereocenters. The molecule has 0 bridgehead atoms. The number of nitrogens with one attached hydrogen (secondary N) is 1. The largest absolute Gasteiger partial charge is 0.339 e. The van der Waals surface area contributed by atoms with Crippen LogP contribution in [0.3, 0.4) is 0 Å². The topological polar surface area (TPSA) is 50.2 Å². The van der Waals surface area contributed by atoms with Crippen LogP contribution in [0.15, 0.2) is 54.7 Å². The quantitative estimate of drug-likeness (QED) is 0.796. The number of rotatable bonds is 3. The number of nitrogens with zero attached hydrogens (tertiary/aromatic N) is 3. The van der Waals surface area contributed by atoms with Crippen molar-refractivity contribution in [2.24, 2.45) is 7.05 Å². The van der Waals surface area contributed by atoms with Gasteiger partial charge in [-0.3, -0.25) is 9.48 Å². The molecule has 0 radical (unpaired) electrons. The van der Waals surface area contributed by atoms with Crippen LogP contribution in [0, 0.1) is 6.92 Å². The minimum atomic E-state index is -0.134. The van der Waals surface area contributed by atoms with Crippen molar-refractivity contribution in [3.05, 3.63) is 71.5 Å². The van der Waals surface area contributed by atoms with Crippen molar-refractivity contribution in [1.29, 1.82) is 0 Å². The Morgan fingerprint density at radius 2 is 1.80 bits per heavy atom. The summed E-state index contributed by atoms with van der Waals surface area (Å²) >= 11 is 0. The summed E-state index contributed by atoms with van der Waals surface area (Å²) in [5.41, 5.74) is 5.70. The minimum absolute atomic E-state index is 0.134. The van der Waals surface area contributed by atoms with Gasteiger partial charge in [0, 0.05) is 25.5 Å². The van der Waals surface area contributed by atoms with E-state index in [1.165, 1.54) is 11.3 Å². The Labute approximate surface area is 146 Å². The number of aromatic nitrogens is 2. The van der Waals surface area contributed by atoms with Crippen molar-refractivity contribution in [3.63, 3.8) is 0 Å². The minimum Gasteiger partial charge on any atom is -0.339 e. The maximum atomic E-state index is 12.7. The van der Waals surface area contributed by atoms with Crippen LogP contribution in [0.1, 0.15) is 21.6 Å². The molecule has 0 aliphatic carbocycles. The molecule has 0 unspecified atom stereocenters. The maximum absolute atomic E-state index is 12.7. The molecule has 4 rings (SSSR count). The molecule has 0 saturated carbocycles. The van der Waals surface area contributed by atoms with Gasteiger partial charge in [0.25, 0.3) is 5.91 Å². The molecule has 126 valence electrons. The van der Waals surface area contributed by atoms with Gasteiger partial charge in [0.05, 0.1) is 22.6 Å². The third-order valence-corrected chi connectivity index (χ3v) is 4.59. The zero-order chi connectivity index (χ0) is 17.4. The van der Waals surface area contributed by atoms with Crippen molar-refractivity contribution in [1.82, 2.24) is 9.78 Å². The second-order valence-corrected chi connectivity index (χ2v) is 6.30. The molecule has 2 heterocycles. The van der Waals surface area contributed by atoms with E-state index in [1.54, 1.807) is 10.9 Å². The Kier molecular flexibility index (Phi) is 3.76. The molecular weight excluding hydrogens is 312 g/mol. The van der Waals surface area contributed by atoms with Crippen molar-refractivity contribution < 1.29 is 4.79 Å². The summed E-state index contributed by atoms with van der Waals surface area (Å²) < 4.78 is 1.66. The second kappa shape index (κ2) is 6.09. The van der Waals surface area contributed by atoms with E-state index in [0.717, 1.165) is 30.0 Å². The van der Waals surface area contributed by atoms with Gasteiger partial charge >= 0.3 is 0 Å². The summed E-state index contributed by atoms with van der Waals surface area (Å²) in [7, 11) is 1.82. The number of hydrogen-bond donors (Lipinski definition) is 1. The lowest BCUT2D eigenvalue weighted by atomic mass is 10.1. The fraction of sp³-hybridized carbons (Fsp3) is 0.200. The van der Waals surface area contributed by atoms with Gasteiger partial charge in [-0.15, -0.1) is 0 Å². The van der Waals surface area contributed by atoms with Gasteiger partial charge in [-0.1, -0.05) is 30.3 Å².